The number of rotatable bonds is 5. The molecule has 1 saturated carbocycles. The normalized spacial score (nSPS) is 23.2. The highest BCUT2D eigenvalue weighted by Gasteiger charge is 2.57. The van der Waals surface area contributed by atoms with Crippen molar-refractivity contribution in [2.45, 2.75) is 38.5 Å². The molecule has 0 bridgehead atoms. The van der Waals surface area contributed by atoms with E-state index in [-0.39, 0.29) is 22.7 Å². The third-order valence-electron chi connectivity index (χ3n) is 8.12. The van der Waals surface area contributed by atoms with Crippen molar-refractivity contribution < 1.29 is 18.7 Å². The van der Waals surface area contributed by atoms with E-state index in [9.17, 15) is 14.0 Å². The molecule has 3 heterocycles. The number of nitrogens with two attached hydrogens (primary N) is 1. The molecule has 3 N–H and O–H groups in total. The molecule has 0 aromatic heterocycles. The summed E-state index contributed by atoms with van der Waals surface area (Å²) in [4.78, 5) is 33.2. The van der Waals surface area contributed by atoms with E-state index in [1.165, 1.54) is 6.07 Å². The van der Waals surface area contributed by atoms with Crippen molar-refractivity contribution >= 4 is 40.3 Å². The largest absolute Gasteiger partial charge is 0.493 e. The fourth-order valence-corrected chi connectivity index (χ4v) is 6.02. The Morgan fingerprint density at radius 2 is 1.89 bits per heavy atom. The molecule has 2 amide bonds. The average Bonchev–Trinajstić information content (AvgIpc) is 3.49. The van der Waals surface area contributed by atoms with Crippen LogP contribution in [0.25, 0.3) is 0 Å². The van der Waals surface area contributed by atoms with Gasteiger partial charge in [-0.2, -0.15) is 0 Å². The van der Waals surface area contributed by atoms with Crippen LogP contribution in [0.2, 0.25) is 0 Å². The number of carbonyl (C=O) groups is 2. The van der Waals surface area contributed by atoms with Gasteiger partial charge in [-0.25, -0.2) is 4.39 Å². The van der Waals surface area contributed by atoms with Crippen LogP contribution < -0.4 is 20.3 Å². The molecule has 1 atom stereocenters. The van der Waals surface area contributed by atoms with Crippen LogP contribution in [0.4, 0.5) is 21.5 Å². The highest BCUT2D eigenvalue weighted by Crippen LogP contribution is 2.56. The third-order valence-corrected chi connectivity index (χ3v) is 8.12. The first-order chi connectivity index (χ1) is 17.8. The number of nitrogens with zero attached hydrogens (tertiary/aromatic N) is 3. The Kier molecular flexibility index (Phi) is 5.73. The number of hydrogen-bond donors (Lipinski definition) is 2. The predicted molar refractivity (Wildman–Crippen MR) is 140 cm³/mol. The Morgan fingerprint density at radius 3 is 2.59 bits per heavy atom. The summed E-state index contributed by atoms with van der Waals surface area (Å²) in [5.41, 5.74) is 8.57. The van der Waals surface area contributed by atoms with E-state index in [1.54, 1.807) is 6.07 Å². The lowest BCUT2D eigenvalue weighted by molar-refractivity contribution is -0.119. The van der Waals surface area contributed by atoms with E-state index >= 15 is 0 Å². The molecule has 37 heavy (non-hydrogen) atoms. The molecule has 2 aromatic rings. The summed E-state index contributed by atoms with van der Waals surface area (Å²) < 4.78 is 20.5. The summed E-state index contributed by atoms with van der Waals surface area (Å²) in [5.74, 6) is -1.11. The van der Waals surface area contributed by atoms with Crippen molar-refractivity contribution in [2.24, 2.45) is 22.1 Å². The number of halogens is 1. The molecule has 1 unspecified atom stereocenters. The number of amides is 2. The molecule has 8 nitrogen and oxygen atoms in total. The Bertz CT molecular complexity index is 1320. The van der Waals surface area contributed by atoms with Crippen molar-refractivity contribution in [1.82, 2.24) is 0 Å². The molecule has 2 saturated heterocycles. The summed E-state index contributed by atoms with van der Waals surface area (Å²) in [6.45, 7) is 2.24. The first-order valence-corrected chi connectivity index (χ1v) is 12.9. The second kappa shape index (κ2) is 8.97. The van der Waals surface area contributed by atoms with Gasteiger partial charge in [0.05, 0.1) is 24.8 Å². The van der Waals surface area contributed by atoms with Gasteiger partial charge in [-0.3, -0.25) is 20.0 Å². The Hall–Kier alpha value is -3.75. The van der Waals surface area contributed by atoms with E-state index in [4.69, 9.17) is 20.9 Å². The van der Waals surface area contributed by atoms with Crippen molar-refractivity contribution in [3.8, 4) is 5.75 Å². The number of ether oxygens (including phenoxy) is 1. The molecule has 0 radical (unpaired) electrons. The van der Waals surface area contributed by atoms with E-state index in [0.29, 0.717) is 44.0 Å². The average molecular weight is 504 g/mol. The van der Waals surface area contributed by atoms with Gasteiger partial charge in [-0.15, -0.1) is 0 Å². The lowest BCUT2D eigenvalue weighted by atomic mass is 9.77. The zero-order valence-corrected chi connectivity index (χ0v) is 20.6. The van der Waals surface area contributed by atoms with E-state index < -0.39 is 17.6 Å². The molecule has 9 heteroatoms. The highest BCUT2D eigenvalue weighted by atomic mass is 19.1. The number of hydrogen-bond acceptors (Lipinski definition) is 6. The first-order valence-electron chi connectivity index (χ1n) is 12.9. The Balaban J connectivity index is 1.34. The minimum Gasteiger partial charge on any atom is -0.493 e. The van der Waals surface area contributed by atoms with Crippen LogP contribution in [0, 0.1) is 22.6 Å². The monoisotopic (exact) mass is 503 g/mol. The van der Waals surface area contributed by atoms with Crippen molar-refractivity contribution in [3.63, 3.8) is 0 Å². The standard InChI is InChI=1S/C28H30FN5O3/c29-20-14-23-17(8-12-37-23)13-21(20)32-22-15-33(16-28(9-10-28)25(22)26(30)27(31)36)18-4-6-19(7-5-18)34-11-2-1-3-24(34)35/h4-7,13-14,25,30H,1-3,8-12,15-16H2,(H2,31,36). The predicted octanol–water partition coefficient (Wildman–Crippen LogP) is 3.77. The van der Waals surface area contributed by atoms with E-state index in [1.807, 2.05) is 29.2 Å². The van der Waals surface area contributed by atoms with Crippen LogP contribution in [-0.2, 0) is 16.0 Å². The zero-order valence-electron chi connectivity index (χ0n) is 20.6. The van der Waals surface area contributed by atoms with Crippen molar-refractivity contribution in [1.29, 1.82) is 5.41 Å². The molecule has 4 aliphatic rings. The summed E-state index contributed by atoms with van der Waals surface area (Å²) in [6, 6.07) is 11.0. The summed E-state index contributed by atoms with van der Waals surface area (Å²) in [7, 11) is 0. The molecule has 6 rings (SSSR count). The van der Waals surface area contributed by atoms with Gasteiger partial charge >= 0.3 is 0 Å². The van der Waals surface area contributed by atoms with Crippen LogP contribution in [0.3, 0.4) is 0 Å². The molecular weight excluding hydrogens is 473 g/mol. The number of primary amides is 1. The third kappa shape index (κ3) is 4.26. The number of piperidine rings is 2. The van der Waals surface area contributed by atoms with Crippen LogP contribution in [0.5, 0.6) is 5.75 Å². The van der Waals surface area contributed by atoms with Crippen LogP contribution >= 0.6 is 0 Å². The van der Waals surface area contributed by atoms with E-state index in [0.717, 1.165) is 49.2 Å². The highest BCUT2D eigenvalue weighted by molar-refractivity contribution is 6.42. The number of aliphatic imine (C=N–C) groups is 1. The Labute approximate surface area is 214 Å². The maximum Gasteiger partial charge on any atom is 0.263 e. The van der Waals surface area contributed by atoms with Gasteiger partial charge < -0.3 is 20.3 Å². The maximum absolute atomic E-state index is 15.0. The zero-order chi connectivity index (χ0) is 25.7. The number of fused-ring (bicyclic) bond motifs is 1. The molecule has 2 aromatic carbocycles. The minimum absolute atomic E-state index is 0.151. The lowest BCUT2D eigenvalue weighted by Gasteiger charge is -2.41. The van der Waals surface area contributed by atoms with Gasteiger partial charge in [0.2, 0.25) is 5.91 Å². The van der Waals surface area contributed by atoms with Gasteiger partial charge in [0.25, 0.3) is 5.91 Å². The van der Waals surface area contributed by atoms with Gasteiger partial charge in [-0.1, -0.05) is 0 Å². The quantitative estimate of drug-likeness (QED) is 0.605. The van der Waals surface area contributed by atoms with Gasteiger partial charge in [0.1, 0.15) is 11.5 Å². The summed E-state index contributed by atoms with van der Waals surface area (Å²) in [6.07, 6.45) is 4.88. The van der Waals surface area contributed by atoms with Gasteiger partial charge in [-0.05, 0) is 61.6 Å². The summed E-state index contributed by atoms with van der Waals surface area (Å²) >= 11 is 0. The fourth-order valence-electron chi connectivity index (χ4n) is 6.02. The summed E-state index contributed by atoms with van der Waals surface area (Å²) in [5, 5.41) is 8.51. The number of benzene rings is 2. The maximum atomic E-state index is 15.0. The number of anilines is 2. The second-order valence-electron chi connectivity index (χ2n) is 10.6. The van der Waals surface area contributed by atoms with Crippen LogP contribution in [-0.4, -0.2) is 49.5 Å². The lowest BCUT2D eigenvalue weighted by Crippen LogP contribution is -2.53. The van der Waals surface area contributed by atoms with Gasteiger partial charge in [0, 0.05) is 54.5 Å². The van der Waals surface area contributed by atoms with Crippen LogP contribution in [0.1, 0.15) is 37.7 Å². The molecule has 192 valence electrons. The van der Waals surface area contributed by atoms with Crippen molar-refractivity contribution in [2.75, 3.05) is 36.0 Å². The minimum atomic E-state index is -0.768. The topological polar surface area (TPSA) is 112 Å². The SMILES string of the molecule is N=C(C(N)=O)C1C(=Nc2cc3c(cc2F)OCC3)CN(c2ccc(N3CCCCC3=O)cc2)CC12CC2. The molecule has 1 spiro atoms. The Morgan fingerprint density at radius 1 is 1.14 bits per heavy atom. The molecule has 1 aliphatic carbocycles. The second-order valence-corrected chi connectivity index (χ2v) is 10.6. The smallest absolute Gasteiger partial charge is 0.263 e. The number of nitrogens with one attached hydrogen (secondary N) is 1. The van der Waals surface area contributed by atoms with E-state index in [2.05, 4.69) is 4.90 Å². The van der Waals surface area contributed by atoms with Crippen molar-refractivity contribution in [3.05, 3.63) is 47.8 Å². The fraction of sp³-hybridized carbons (Fsp3) is 0.429. The molecule has 3 aliphatic heterocycles. The van der Waals surface area contributed by atoms with Gasteiger partial charge in [0.15, 0.2) is 5.82 Å². The van der Waals surface area contributed by atoms with Crippen LogP contribution in [0.15, 0.2) is 41.4 Å². The molecule has 3 fully saturated rings. The number of carbonyl (C=O) groups excluding carboxylic acids is 2. The first kappa shape index (κ1) is 23.6. The molecular formula is C28H30FN5O3.